The van der Waals surface area contributed by atoms with Crippen LogP contribution in [0.5, 0.6) is 0 Å². The molecule has 2 aliphatic rings. The van der Waals surface area contributed by atoms with Crippen molar-refractivity contribution in [2.75, 3.05) is 0 Å². The summed E-state index contributed by atoms with van der Waals surface area (Å²) in [5.74, 6) is -1.15. The van der Waals surface area contributed by atoms with Crippen molar-refractivity contribution in [3.8, 4) is 0 Å². The first-order valence-electron chi connectivity index (χ1n) is 7.08. The molecule has 2 aromatic heterocycles. The van der Waals surface area contributed by atoms with Gasteiger partial charge in [0.25, 0.3) is 0 Å². The number of carbonyl (C=O) groups excluding carboxylic acids is 1. The second-order valence-corrected chi connectivity index (χ2v) is 6.65. The number of aliphatic carboxylic acids is 1. The van der Waals surface area contributed by atoms with Gasteiger partial charge >= 0.3 is 5.97 Å². The molecule has 1 amide bonds. The maximum atomic E-state index is 12.5. The highest BCUT2D eigenvalue weighted by atomic mass is 32.1. The van der Waals surface area contributed by atoms with Gasteiger partial charge in [-0.2, -0.15) is 0 Å². The molecule has 2 aromatic rings. The zero-order valence-corrected chi connectivity index (χ0v) is 12.1. The number of aromatic nitrogens is 2. The smallest absolute Gasteiger partial charge is 0.308 e. The molecule has 0 aliphatic carbocycles. The summed E-state index contributed by atoms with van der Waals surface area (Å²) >= 11 is 1.53. The van der Waals surface area contributed by atoms with Gasteiger partial charge in [0.1, 0.15) is 0 Å². The zero-order valence-electron chi connectivity index (χ0n) is 11.3. The van der Waals surface area contributed by atoms with E-state index in [4.69, 9.17) is 0 Å². The third-order valence-corrected chi connectivity index (χ3v) is 5.39. The van der Waals surface area contributed by atoms with E-state index in [1.165, 1.54) is 11.3 Å². The van der Waals surface area contributed by atoms with Gasteiger partial charge in [0.15, 0.2) is 4.96 Å². The normalized spacial score (nSPS) is 27.6. The van der Waals surface area contributed by atoms with Crippen LogP contribution in [0, 0.1) is 5.92 Å². The molecule has 6 nitrogen and oxygen atoms in total. The van der Waals surface area contributed by atoms with Gasteiger partial charge < -0.3 is 10.0 Å². The van der Waals surface area contributed by atoms with Gasteiger partial charge in [-0.25, -0.2) is 4.98 Å². The highest BCUT2D eigenvalue weighted by molar-refractivity contribution is 7.15. The molecule has 2 fully saturated rings. The summed E-state index contributed by atoms with van der Waals surface area (Å²) in [7, 11) is 0. The van der Waals surface area contributed by atoms with E-state index in [1.54, 1.807) is 0 Å². The molecule has 1 N–H and O–H groups in total. The predicted octanol–water partition coefficient (Wildman–Crippen LogP) is 1.40. The molecule has 0 saturated carbocycles. The minimum absolute atomic E-state index is 0.0111. The van der Waals surface area contributed by atoms with Crippen LogP contribution in [0.4, 0.5) is 0 Å². The number of carbonyl (C=O) groups is 2. The molecule has 110 valence electrons. The quantitative estimate of drug-likeness (QED) is 0.930. The molecule has 4 heterocycles. The van der Waals surface area contributed by atoms with E-state index in [0.29, 0.717) is 6.42 Å². The molecular weight excluding hydrogens is 290 g/mol. The van der Waals surface area contributed by atoms with E-state index >= 15 is 0 Å². The summed E-state index contributed by atoms with van der Waals surface area (Å²) in [4.78, 5) is 30.9. The van der Waals surface area contributed by atoms with Crippen molar-refractivity contribution in [1.29, 1.82) is 0 Å². The molecule has 0 radical (unpaired) electrons. The van der Waals surface area contributed by atoms with E-state index in [-0.39, 0.29) is 24.4 Å². The molecular formula is C14H15N3O3S. The highest BCUT2D eigenvalue weighted by Crippen LogP contribution is 2.42. The van der Waals surface area contributed by atoms with Crippen LogP contribution in [0.3, 0.4) is 0 Å². The van der Waals surface area contributed by atoms with Crippen LogP contribution in [0.15, 0.2) is 17.8 Å². The lowest BCUT2D eigenvalue weighted by atomic mass is 9.89. The molecule has 2 aliphatic heterocycles. The third-order valence-electron chi connectivity index (χ3n) is 4.62. The topological polar surface area (TPSA) is 74.9 Å². The van der Waals surface area contributed by atoms with E-state index in [9.17, 15) is 14.7 Å². The van der Waals surface area contributed by atoms with Crippen LogP contribution >= 0.6 is 11.3 Å². The number of thiazole rings is 1. The van der Waals surface area contributed by atoms with E-state index in [2.05, 4.69) is 4.98 Å². The number of imidazole rings is 1. The minimum Gasteiger partial charge on any atom is -0.481 e. The molecule has 3 unspecified atom stereocenters. The number of hydrogen-bond donors (Lipinski definition) is 1. The molecule has 3 atom stereocenters. The predicted molar refractivity (Wildman–Crippen MR) is 76.2 cm³/mol. The maximum Gasteiger partial charge on any atom is 0.308 e. The van der Waals surface area contributed by atoms with Gasteiger partial charge in [-0.15, -0.1) is 11.3 Å². The van der Waals surface area contributed by atoms with E-state index in [0.717, 1.165) is 23.5 Å². The molecule has 4 rings (SSSR count). The Bertz CT molecular complexity index is 693. The summed E-state index contributed by atoms with van der Waals surface area (Å²) in [6.45, 7) is 0. The molecule has 2 bridgehead atoms. The van der Waals surface area contributed by atoms with Crippen LogP contribution < -0.4 is 0 Å². The summed E-state index contributed by atoms with van der Waals surface area (Å²) < 4.78 is 1.91. The lowest BCUT2D eigenvalue weighted by Crippen LogP contribution is -2.38. The number of rotatable bonds is 3. The number of carboxylic acids is 1. The minimum atomic E-state index is -0.775. The Balaban J connectivity index is 1.53. The second-order valence-electron chi connectivity index (χ2n) is 5.78. The molecule has 2 saturated heterocycles. The van der Waals surface area contributed by atoms with Crippen LogP contribution in [-0.2, 0) is 16.0 Å². The van der Waals surface area contributed by atoms with Crippen LogP contribution in [0.2, 0.25) is 0 Å². The first-order chi connectivity index (χ1) is 10.1. The van der Waals surface area contributed by atoms with Gasteiger partial charge in [-0.1, -0.05) is 0 Å². The Hall–Kier alpha value is -1.89. The van der Waals surface area contributed by atoms with Crippen molar-refractivity contribution in [1.82, 2.24) is 14.3 Å². The van der Waals surface area contributed by atoms with Crippen molar-refractivity contribution in [3.63, 3.8) is 0 Å². The Morgan fingerprint density at radius 2 is 2.29 bits per heavy atom. The van der Waals surface area contributed by atoms with Crippen LogP contribution in [0.25, 0.3) is 4.96 Å². The highest BCUT2D eigenvalue weighted by Gasteiger charge is 2.51. The Kier molecular flexibility index (Phi) is 2.78. The molecule has 0 aromatic carbocycles. The van der Waals surface area contributed by atoms with Crippen LogP contribution in [-0.4, -0.2) is 43.4 Å². The zero-order chi connectivity index (χ0) is 14.6. The average molecular weight is 305 g/mol. The van der Waals surface area contributed by atoms with Gasteiger partial charge in [0.2, 0.25) is 5.91 Å². The number of amides is 1. The summed E-state index contributed by atoms with van der Waals surface area (Å²) in [6, 6.07) is -0.0175. The Morgan fingerprint density at radius 3 is 3.00 bits per heavy atom. The first-order valence-corrected chi connectivity index (χ1v) is 7.96. The van der Waals surface area contributed by atoms with Crippen molar-refractivity contribution in [2.24, 2.45) is 5.92 Å². The van der Waals surface area contributed by atoms with Gasteiger partial charge in [-0.3, -0.25) is 14.0 Å². The van der Waals surface area contributed by atoms with Crippen molar-refractivity contribution < 1.29 is 14.7 Å². The summed E-state index contributed by atoms with van der Waals surface area (Å²) in [5, 5.41) is 11.2. The number of nitrogens with zero attached hydrogens (tertiary/aromatic N) is 3. The van der Waals surface area contributed by atoms with Gasteiger partial charge in [0, 0.05) is 29.9 Å². The fourth-order valence-electron chi connectivity index (χ4n) is 3.75. The van der Waals surface area contributed by atoms with Crippen LogP contribution in [0.1, 0.15) is 25.0 Å². The number of fused-ring (bicyclic) bond motifs is 3. The number of carboxylic acid groups (broad SMARTS) is 1. The molecule has 7 heteroatoms. The van der Waals surface area contributed by atoms with E-state index < -0.39 is 11.9 Å². The Morgan fingerprint density at radius 1 is 1.43 bits per heavy atom. The van der Waals surface area contributed by atoms with Crippen molar-refractivity contribution in [3.05, 3.63) is 23.5 Å². The van der Waals surface area contributed by atoms with Gasteiger partial charge in [0.05, 0.1) is 18.0 Å². The summed E-state index contributed by atoms with van der Waals surface area (Å²) in [6.07, 6.45) is 6.39. The standard InChI is InChI=1S/C14H15N3O3S/c18-12(5-8-7-16-3-4-21-14(16)15-8)17-9-1-2-11(17)10(6-9)13(19)20/h3-4,7,9-11H,1-2,5-6H2,(H,19,20). The lowest BCUT2D eigenvalue weighted by molar-refractivity contribution is -0.143. The second kappa shape index (κ2) is 4.56. The third kappa shape index (κ3) is 1.95. The SMILES string of the molecule is O=C(O)C1CC2CCC1N2C(=O)Cc1cn2ccsc2n1. The largest absolute Gasteiger partial charge is 0.481 e. The molecule has 0 spiro atoms. The number of hydrogen-bond acceptors (Lipinski definition) is 4. The summed E-state index contributed by atoms with van der Waals surface area (Å²) in [5.41, 5.74) is 0.755. The van der Waals surface area contributed by atoms with Crippen molar-refractivity contribution in [2.45, 2.75) is 37.8 Å². The fourth-order valence-corrected chi connectivity index (χ4v) is 4.47. The van der Waals surface area contributed by atoms with Gasteiger partial charge in [-0.05, 0) is 19.3 Å². The fraction of sp³-hybridized carbons (Fsp3) is 0.500. The van der Waals surface area contributed by atoms with Crippen molar-refractivity contribution >= 4 is 28.2 Å². The average Bonchev–Trinajstić information content (AvgIpc) is 3.15. The monoisotopic (exact) mass is 305 g/mol. The lowest BCUT2D eigenvalue weighted by Gasteiger charge is -2.22. The maximum absolute atomic E-state index is 12.5. The van der Waals surface area contributed by atoms with E-state index in [1.807, 2.05) is 27.1 Å². The first kappa shape index (κ1) is 12.8. The Labute approximate surface area is 125 Å². The molecule has 21 heavy (non-hydrogen) atoms.